The molecular weight excluding hydrogens is 398 g/mol. The third-order valence-electron chi connectivity index (χ3n) is 5.65. The number of carboxylic acids is 1. The lowest BCUT2D eigenvalue weighted by Gasteiger charge is -2.28. The van der Waals surface area contributed by atoms with Gasteiger partial charge >= 0.3 is 5.97 Å². The minimum Gasteiger partial charge on any atom is -0.493 e. The van der Waals surface area contributed by atoms with Crippen LogP contribution < -0.4 is 15.2 Å². The quantitative estimate of drug-likeness (QED) is 0.338. The van der Waals surface area contributed by atoms with Crippen LogP contribution in [0.4, 0.5) is 0 Å². The molecule has 0 aliphatic heterocycles. The number of aliphatic hydroxyl groups excluding tert-OH is 1. The van der Waals surface area contributed by atoms with E-state index in [2.05, 4.69) is 13.8 Å². The summed E-state index contributed by atoms with van der Waals surface area (Å²) in [5.74, 6) is 0.452. The maximum absolute atomic E-state index is 11.1. The van der Waals surface area contributed by atoms with Crippen molar-refractivity contribution in [1.29, 1.82) is 0 Å². The molecule has 0 aliphatic carbocycles. The van der Waals surface area contributed by atoms with Crippen molar-refractivity contribution in [3.63, 3.8) is 0 Å². The Balaban J connectivity index is 2.78. The van der Waals surface area contributed by atoms with Crippen molar-refractivity contribution in [3.8, 4) is 11.5 Å². The molecule has 0 unspecified atom stereocenters. The highest BCUT2D eigenvalue weighted by Crippen LogP contribution is 2.31. The smallest absolute Gasteiger partial charge is 0.306 e. The van der Waals surface area contributed by atoms with Crippen molar-refractivity contribution in [2.45, 2.75) is 65.5 Å². The highest BCUT2D eigenvalue weighted by molar-refractivity contribution is 5.69. The molecule has 31 heavy (non-hydrogen) atoms. The Morgan fingerprint density at radius 1 is 1.13 bits per heavy atom. The molecule has 4 atom stereocenters. The molecule has 1 rings (SSSR count). The van der Waals surface area contributed by atoms with Gasteiger partial charge in [-0.2, -0.15) is 0 Å². The van der Waals surface area contributed by atoms with Gasteiger partial charge in [0.1, 0.15) is 0 Å². The second-order valence-electron chi connectivity index (χ2n) is 8.53. The monoisotopic (exact) mass is 439 g/mol. The standard InChI is InChI=1S/C24H41NO6/c1-6-30-10-7-11-31-23-14-18(8-9-22(23)29-5)13-19(16(2)3)15-20(25)21(26)12-17(4)24(27)28/h8-9,14,16-17,19-21,26H,6-7,10-13,15,25H2,1-5H3,(H,27,28)/t17-,19+,20+,21+/m1/s1. The van der Waals surface area contributed by atoms with E-state index in [1.807, 2.05) is 25.1 Å². The Labute approximate surface area is 186 Å². The number of aliphatic hydroxyl groups is 1. The van der Waals surface area contributed by atoms with Crippen LogP contribution in [0.25, 0.3) is 0 Å². The Bertz CT molecular complexity index is 651. The third kappa shape index (κ3) is 9.89. The third-order valence-corrected chi connectivity index (χ3v) is 5.65. The lowest BCUT2D eigenvalue weighted by molar-refractivity contribution is -0.142. The Hall–Kier alpha value is -1.83. The van der Waals surface area contributed by atoms with Crippen LogP contribution in [-0.2, 0) is 16.0 Å². The second-order valence-corrected chi connectivity index (χ2v) is 8.53. The predicted molar refractivity (Wildman–Crippen MR) is 122 cm³/mol. The van der Waals surface area contributed by atoms with E-state index >= 15 is 0 Å². The summed E-state index contributed by atoms with van der Waals surface area (Å²) in [6, 6.07) is 5.47. The number of carbonyl (C=O) groups is 1. The first-order valence-corrected chi connectivity index (χ1v) is 11.2. The van der Waals surface area contributed by atoms with Gasteiger partial charge in [0, 0.05) is 25.7 Å². The molecule has 1 aromatic rings. The van der Waals surface area contributed by atoms with Gasteiger partial charge in [0.15, 0.2) is 11.5 Å². The molecule has 0 heterocycles. The van der Waals surface area contributed by atoms with Crippen LogP contribution in [-0.4, -0.2) is 55.3 Å². The number of rotatable bonds is 16. The summed E-state index contributed by atoms with van der Waals surface area (Å²) in [7, 11) is 1.62. The molecule has 4 N–H and O–H groups in total. The van der Waals surface area contributed by atoms with Gasteiger partial charge in [-0.3, -0.25) is 4.79 Å². The van der Waals surface area contributed by atoms with Crippen molar-refractivity contribution in [3.05, 3.63) is 23.8 Å². The van der Waals surface area contributed by atoms with Gasteiger partial charge in [-0.15, -0.1) is 0 Å². The number of hydrogen-bond acceptors (Lipinski definition) is 6. The first kappa shape index (κ1) is 27.2. The van der Waals surface area contributed by atoms with E-state index in [0.717, 1.165) is 18.4 Å². The van der Waals surface area contributed by atoms with Gasteiger partial charge in [0.05, 0.1) is 25.7 Å². The zero-order chi connectivity index (χ0) is 23.4. The lowest BCUT2D eigenvalue weighted by Crippen LogP contribution is -2.39. The van der Waals surface area contributed by atoms with E-state index in [0.29, 0.717) is 43.7 Å². The summed E-state index contributed by atoms with van der Waals surface area (Å²) in [6.45, 7) is 9.74. The molecule has 7 heteroatoms. The molecular formula is C24H41NO6. The molecule has 0 aliphatic rings. The van der Waals surface area contributed by atoms with Gasteiger partial charge in [-0.25, -0.2) is 0 Å². The van der Waals surface area contributed by atoms with Crippen molar-refractivity contribution >= 4 is 5.97 Å². The number of carboxylic acid groups (broad SMARTS) is 1. The molecule has 0 fully saturated rings. The Morgan fingerprint density at radius 3 is 2.42 bits per heavy atom. The van der Waals surface area contributed by atoms with Gasteiger partial charge in [-0.1, -0.05) is 26.8 Å². The zero-order valence-electron chi connectivity index (χ0n) is 19.7. The number of aliphatic carboxylic acids is 1. The molecule has 0 spiro atoms. The van der Waals surface area contributed by atoms with Crippen molar-refractivity contribution < 1.29 is 29.2 Å². The fourth-order valence-electron chi connectivity index (χ4n) is 3.49. The van der Waals surface area contributed by atoms with Gasteiger partial charge in [-0.05, 0) is 55.7 Å². The van der Waals surface area contributed by atoms with Crippen LogP contribution in [0.5, 0.6) is 11.5 Å². The van der Waals surface area contributed by atoms with Crippen LogP contribution in [0, 0.1) is 17.8 Å². The number of benzene rings is 1. The summed E-state index contributed by atoms with van der Waals surface area (Å²) >= 11 is 0. The summed E-state index contributed by atoms with van der Waals surface area (Å²) in [4.78, 5) is 11.1. The van der Waals surface area contributed by atoms with E-state index in [4.69, 9.17) is 25.1 Å². The fraction of sp³-hybridized carbons (Fsp3) is 0.708. The summed E-state index contributed by atoms with van der Waals surface area (Å²) in [5.41, 5.74) is 7.35. The largest absolute Gasteiger partial charge is 0.493 e. The minimum atomic E-state index is -0.918. The summed E-state index contributed by atoms with van der Waals surface area (Å²) < 4.78 is 16.7. The van der Waals surface area contributed by atoms with Crippen LogP contribution in [0.3, 0.4) is 0 Å². The van der Waals surface area contributed by atoms with Gasteiger partial charge < -0.3 is 30.2 Å². The van der Waals surface area contributed by atoms with E-state index in [9.17, 15) is 9.90 Å². The highest BCUT2D eigenvalue weighted by Gasteiger charge is 2.26. The van der Waals surface area contributed by atoms with Crippen LogP contribution in [0.15, 0.2) is 18.2 Å². The molecule has 1 aromatic carbocycles. The van der Waals surface area contributed by atoms with Crippen molar-refractivity contribution in [2.24, 2.45) is 23.5 Å². The number of nitrogens with two attached hydrogens (primary N) is 1. The fourth-order valence-corrected chi connectivity index (χ4v) is 3.49. The molecule has 0 saturated carbocycles. The number of methoxy groups -OCH3 is 1. The predicted octanol–water partition coefficient (Wildman–Crippen LogP) is 3.50. The topological polar surface area (TPSA) is 111 Å². The maximum Gasteiger partial charge on any atom is 0.306 e. The first-order chi connectivity index (χ1) is 14.7. The Morgan fingerprint density at radius 2 is 1.84 bits per heavy atom. The van der Waals surface area contributed by atoms with Crippen LogP contribution in [0.2, 0.25) is 0 Å². The van der Waals surface area contributed by atoms with Crippen LogP contribution in [0.1, 0.15) is 52.5 Å². The average molecular weight is 440 g/mol. The maximum atomic E-state index is 11.1. The molecule has 0 saturated heterocycles. The summed E-state index contributed by atoms with van der Waals surface area (Å²) in [5, 5.41) is 19.4. The Kier molecular flexibility index (Phi) is 12.5. The van der Waals surface area contributed by atoms with Gasteiger partial charge in [0.2, 0.25) is 0 Å². The zero-order valence-corrected chi connectivity index (χ0v) is 19.7. The van der Waals surface area contributed by atoms with Crippen molar-refractivity contribution in [2.75, 3.05) is 26.9 Å². The summed E-state index contributed by atoms with van der Waals surface area (Å²) in [6.07, 6.45) is 1.52. The van der Waals surface area contributed by atoms with Gasteiger partial charge in [0.25, 0.3) is 0 Å². The second kappa shape index (κ2) is 14.3. The number of ether oxygens (including phenoxy) is 3. The molecule has 0 aromatic heterocycles. The SMILES string of the molecule is CCOCCCOc1cc(C[C@@H](C[C@H](N)[C@@H](O)C[C@@H](C)C(=O)O)C(C)C)ccc1OC. The van der Waals surface area contributed by atoms with E-state index in [1.54, 1.807) is 14.0 Å². The molecule has 7 nitrogen and oxygen atoms in total. The molecule has 0 radical (unpaired) electrons. The lowest BCUT2D eigenvalue weighted by atomic mass is 9.82. The molecule has 178 valence electrons. The minimum absolute atomic E-state index is 0.156. The van der Waals surface area contributed by atoms with E-state index in [1.165, 1.54) is 0 Å². The molecule has 0 amide bonds. The number of hydrogen-bond donors (Lipinski definition) is 3. The normalized spacial score (nSPS) is 15.4. The average Bonchev–Trinajstić information content (AvgIpc) is 2.72. The molecule has 0 bridgehead atoms. The van der Waals surface area contributed by atoms with E-state index < -0.39 is 24.0 Å². The first-order valence-electron chi connectivity index (χ1n) is 11.2. The highest BCUT2D eigenvalue weighted by atomic mass is 16.5. The van der Waals surface area contributed by atoms with Crippen molar-refractivity contribution in [1.82, 2.24) is 0 Å². The van der Waals surface area contributed by atoms with E-state index in [-0.39, 0.29) is 12.3 Å². The van der Waals surface area contributed by atoms with Crippen LogP contribution >= 0.6 is 0 Å².